The predicted molar refractivity (Wildman–Crippen MR) is 103 cm³/mol. The normalized spacial score (nSPS) is 19.3. The first-order valence-corrected chi connectivity index (χ1v) is 9.17. The second-order valence-corrected chi connectivity index (χ2v) is 6.83. The van der Waals surface area contributed by atoms with Gasteiger partial charge in [0, 0.05) is 30.7 Å². The van der Waals surface area contributed by atoms with Gasteiger partial charge in [-0.1, -0.05) is 41.9 Å². The monoisotopic (exact) mass is 373 g/mol. The van der Waals surface area contributed by atoms with Crippen LogP contribution in [0.1, 0.15) is 24.1 Å². The third kappa shape index (κ3) is 4.18. The second-order valence-electron chi connectivity index (χ2n) is 6.40. The highest BCUT2D eigenvalue weighted by atomic mass is 35.5. The Morgan fingerprint density at radius 3 is 2.69 bits per heavy atom. The molecule has 0 aliphatic carbocycles. The van der Waals surface area contributed by atoms with Gasteiger partial charge in [-0.2, -0.15) is 0 Å². The lowest BCUT2D eigenvalue weighted by atomic mass is 9.93. The largest absolute Gasteiger partial charge is 0.494 e. The van der Waals surface area contributed by atoms with Crippen LogP contribution in [0.5, 0.6) is 5.75 Å². The number of hydrazine groups is 1. The molecule has 138 valence electrons. The number of hydrogen-bond donors (Lipinski definition) is 2. The average Bonchev–Trinajstić information content (AvgIpc) is 3.13. The standard InChI is InChI=1S/C20H24ClN3O2/c1-3-26-18-7-5-4-6-15(18)13-24(2)20(25)17-12-22-23-19(17)14-8-10-16(21)11-9-14/h4-11,17,19,22-23H,3,12-13H2,1-2H3. The zero-order valence-corrected chi connectivity index (χ0v) is 15.8. The van der Waals surface area contributed by atoms with Crippen molar-refractivity contribution in [2.24, 2.45) is 5.92 Å². The molecule has 0 spiro atoms. The molecule has 2 unspecified atom stereocenters. The summed E-state index contributed by atoms with van der Waals surface area (Å²) in [5.41, 5.74) is 8.37. The molecule has 6 heteroatoms. The summed E-state index contributed by atoms with van der Waals surface area (Å²) < 4.78 is 5.67. The Morgan fingerprint density at radius 1 is 1.23 bits per heavy atom. The highest BCUT2D eigenvalue weighted by Crippen LogP contribution is 2.28. The Hall–Kier alpha value is -2.08. The van der Waals surface area contributed by atoms with E-state index < -0.39 is 0 Å². The summed E-state index contributed by atoms with van der Waals surface area (Å²) in [6.45, 7) is 3.66. The number of amides is 1. The minimum Gasteiger partial charge on any atom is -0.494 e. The van der Waals surface area contributed by atoms with Crippen molar-refractivity contribution in [2.75, 3.05) is 20.2 Å². The lowest BCUT2D eigenvalue weighted by Gasteiger charge is -2.25. The fourth-order valence-corrected chi connectivity index (χ4v) is 3.39. The van der Waals surface area contributed by atoms with E-state index in [-0.39, 0.29) is 17.9 Å². The van der Waals surface area contributed by atoms with E-state index >= 15 is 0 Å². The van der Waals surface area contributed by atoms with Gasteiger partial charge in [0.1, 0.15) is 5.75 Å². The van der Waals surface area contributed by atoms with Crippen molar-refractivity contribution < 1.29 is 9.53 Å². The van der Waals surface area contributed by atoms with E-state index in [1.807, 2.05) is 62.5 Å². The van der Waals surface area contributed by atoms with Gasteiger partial charge in [0.05, 0.1) is 18.6 Å². The van der Waals surface area contributed by atoms with Gasteiger partial charge in [0.2, 0.25) is 5.91 Å². The molecule has 1 saturated heterocycles. The highest BCUT2D eigenvalue weighted by molar-refractivity contribution is 6.30. The van der Waals surface area contributed by atoms with E-state index in [0.717, 1.165) is 16.9 Å². The number of halogens is 1. The molecule has 0 radical (unpaired) electrons. The van der Waals surface area contributed by atoms with Gasteiger partial charge < -0.3 is 9.64 Å². The first-order valence-electron chi connectivity index (χ1n) is 8.79. The second kappa shape index (κ2) is 8.54. The number of carbonyl (C=O) groups excluding carboxylic acids is 1. The molecule has 3 rings (SSSR count). The third-order valence-electron chi connectivity index (χ3n) is 4.58. The minimum absolute atomic E-state index is 0.0793. The fraction of sp³-hybridized carbons (Fsp3) is 0.350. The number of para-hydroxylation sites is 1. The Balaban J connectivity index is 1.72. The van der Waals surface area contributed by atoms with Crippen LogP contribution in [0.25, 0.3) is 0 Å². The molecule has 0 bridgehead atoms. The average molecular weight is 374 g/mol. The number of hydrogen-bond acceptors (Lipinski definition) is 4. The van der Waals surface area contributed by atoms with Crippen LogP contribution in [0, 0.1) is 5.92 Å². The van der Waals surface area contributed by atoms with Gasteiger partial charge in [-0.25, -0.2) is 5.43 Å². The molecular formula is C20H24ClN3O2. The summed E-state index contributed by atoms with van der Waals surface area (Å²) in [7, 11) is 1.84. The van der Waals surface area contributed by atoms with Crippen molar-refractivity contribution >= 4 is 17.5 Å². The molecule has 0 aromatic heterocycles. The lowest BCUT2D eigenvalue weighted by molar-refractivity contribution is -0.134. The smallest absolute Gasteiger partial charge is 0.229 e. The van der Waals surface area contributed by atoms with Crippen molar-refractivity contribution in [2.45, 2.75) is 19.5 Å². The minimum atomic E-state index is -0.180. The predicted octanol–water partition coefficient (Wildman–Crippen LogP) is 3.16. The maximum atomic E-state index is 13.0. The quantitative estimate of drug-likeness (QED) is 0.816. The molecule has 5 nitrogen and oxygen atoms in total. The van der Waals surface area contributed by atoms with Crippen LogP contribution in [-0.4, -0.2) is 31.0 Å². The van der Waals surface area contributed by atoms with Crippen LogP contribution in [0.4, 0.5) is 0 Å². The molecule has 26 heavy (non-hydrogen) atoms. The van der Waals surface area contributed by atoms with E-state index in [0.29, 0.717) is 24.7 Å². The van der Waals surface area contributed by atoms with Gasteiger partial charge in [-0.3, -0.25) is 10.2 Å². The number of benzene rings is 2. The van der Waals surface area contributed by atoms with E-state index in [1.54, 1.807) is 4.90 Å². The fourth-order valence-electron chi connectivity index (χ4n) is 3.26. The molecule has 0 saturated carbocycles. The van der Waals surface area contributed by atoms with E-state index in [4.69, 9.17) is 16.3 Å². The van der Waals surface area contributed by atoms with Gasteiger partial charge in [0.15, 0.2) is 0 Å². The van der Waals surface area contributed by atoms with Crippen molar-refractivity contribution in [3.05, 3.63) is 64.7 Å². The van der Waals surface area contributed by atoms with E-state index in [2.05, 4.69) is 10.9 Å². The number of carbonyl (C=O) groups is 1. The molecule has 1 aliphatic heterocycles. The molecule has 1 fully saturated rings. The summed E-state index contributed by atoms with van der Waals surface area (Å²) in [5.74, 6) is 0.737. The Bertz CT molecular complexity index is 751. The number of nitrogens with one attached hydrogen (secondary N) is 2. The number of rotatable bonds is 6. The molecule has 1 heterocycles. The van der Waals surface area contributed by atoms with Crippen LogP contribution in [0.2, 0.25) is 5.02 Å². The maximum absolute atomic E-state index is 13.0. The highest BCUT2D eigenvalue weighted by Gasteiger charge is 2.35. The van der Waals surface area contributed by atoms with Crippen molar-refractivity contribution in [3.63, 3.8) is 0 Å². The molecule has 2 aromatic rings. The van der Waals surface area contributed by atoms with Gasteiger partial charge in [0.25, 0.3) is 0 Å². The van der Waals surface area contributed by atoms with Crippen LogP contribution >= 0.6 is 11.6 Å². The van der Waals surface area contributed by atoms with Crippen LogP contribution in [0.3, 0.4) is 0 Å². The summed E-state index contributed by atoms with van der Waals surface area (Å²) in [4.78, 5) is 14.8. The van der Waals surface area contributed by atoms with Gasteiger partial charge in [-0.15, -0.1) is 0 Å². The SMILES string of the molecule is CCOc1ccccc1CN(C)C(=O)C1CNNC1c1ccc(Cl)cc1. The van der Waals surface area contributed by atoms with E-state index in [1.165, 1.54) is 0 Å². The van der Waals surface area contributed by atoms with E-state index in [9.17, 15) is 4.79 Å². The first-order chi connectivity index (χ1) is 12.6. The Labute approximate surface area is 159 Å². The van der Waals surface area contributed by atoms with Crippen LogP contribution in [0.15, 0.2) is 48.5 Å². The number of nitrogens with zero attached hydrogens (tertiary/aromatic N) is 1. The zero-order chi connectivity index (χ0) is 18.5. The third-order valence-corrected chi connectivity index (χ3v) is 4.84. The van der Waals surface area contributed by atoms with Crippen LogP contribution in [-0.2, 0) is 11.3 Å². The van der Waals surface area contributed by atoms with Crippen molar-refractivity contribution in [1.29, 1.82) is 0 Å². The Kier molecular flexibility index (Phi) is 6.14. The summed E-state index contributed by atoms with van der Waals surface area (Å²) >= 11 is 5.98. The number of ether oxygens (including phenoxy) is 1. The summed E-state index contributed by atoms with van der Waals surface area (Å²) in [5, 5.41) is 0.687. The van der Waals surface area contributed by atoms with Crippen molar-refractivity contribution in [1.82, 2.24) is 15.8 Å². The maximum Gasteiger partial charge on any atom is 0.229 e. The van der Waals surface area contributed by atoms with Gasteiger partial charge in [-0.05, 0) is 30.7 Å². The molecule has 2 N–H and O–H groups in total. The topological polar surface area (TPSA) is 53.6 Å². The molecule has 1 amide bonds. The lowest BCUT2D eigenvalue weighted by Crippen LogP contribution is -2.36. The molecule has 1 aliphatic rings. The van der Waals surface area contributed by atoms with Crippen LogP contribution < -0.4 is 15.6 Å². The first kappa shape index (κ1) is 18.7. The van der Waals surface area contributed by atoms with Gasteiger partial charge >= 0.3 is 0 Å². The Morgan fingerprint density at radius 2 is 1.96 bits per heavy atom. The molecular weight excluding hydrogens is 350 g/mol. The molecule has 2 aromatic carbocycles. The zero-order valence-electron chi connectivity index (χ0n) is 15.0. The molecule has 2 atom stereocenters. The summed E-state index contributed by atoms with van der Waals surface area (Å²) in [6, 6.07) is 15.4. The van der Waals surface area contributed by atoms with Crippen molar-refractivity contribution in [3.8, 4) is 5.75 Å². The summed E-state index contributed by atoms with van der Waals surface area (Å²) in [6.07, 6.45) is 0.